The first-order valence-corrected chi connectivity index (χ1v) is 14.3. The summed E-state index contributed by atoms with van der Waals surface area (Å²) in [6, 6.07) is 8.85. The molecule has 1 nitrogen and oxygen atoms in total. The third-order valence-electron chi connectivity index (χ3n) is 6.30. The molecule has 0 aromatic heterocycles. The first-order chi connectivity index (χ1) is 17.0. The van der Waals surface area contributed by atoms with Crippen LogP contribution in [0, 0.1) is 12.3 Å². The second-order valence-corrected chi connectivity index (χ2v) is 8.72. The Kier molecular flexibility index (Phi) is 22.4. The summed E-state index contributed by atoms with van der Waals surface area (Å²) < 4.78 is 0. The molecule has 0 aliphatic heterocycles. The Morgan fingerprint density at radius 1 is 0.971 bits per heavy atom. The van der Waals surface area contributed by atoms with Gasteiger partial charge in [0.2, 0.25) is 0 Å². The molecule has 198 valence electrons. The largest absolute Gasteiger partial charge is 0.234 e. The van der Waals surface area contributed by atoms with E-state index in [0.29, 0.717) is 5.41 Å². The molecule has 0 bridgehead atoms. The Morgan fingerprint density at radius 2 is 1.54 bits per heavy atom. The molecule has 1 aromatic rings. The predicted molar refractivity (Wildman–Crippen MR) is 161 cm³/mol. The molecule has 0 saturated heterocycles. The lowest BCUT2D eigenvalue weighted by atomic mass is 9.85. The van der Waals surface area contributed by atoms with Crippen molar-refractivity contribution < 1.29 is 4.79 Å². The van der Waals surface area contributed by atoms with Crippen molar-refractivity contribution in [1.29, 1.82) is 0 Å². The van der Waals surface area contributed by atoms with E-state index in [-0.39, 0.29) is 0 Å². The highest BCUT2D eigenvalue weighted by Crippen LogP contribution is 2.49. The van der Waals surface area contributed by atoms with Crippen molar-refractivity contribution in [1.82, 2.24) is 0 Å². The van der Waals surface area contributed by atoms with Crippen molar-refractivity contribution in [3.05, 3.63) is 71.3 Å². The zero-order valence-electron chi connectivity index (χ0n) is 24.7. The van der Waals surface area contributed by atoms with Gasteiger partial charge in [-0.1, -0.05) is 110 Å². The monoisotopic (exact) mass is 480 g/mol. The zero-order valence-corrected chi connectivity index (χ0v) is 24.7. The van der Waals surface area contributed by atoms with Crippen LogP contribution >= 0.6 is 0 Å². The van der Waals surface area contributed by atoms with Crippen molar-refractivity contribution in [3.63, 3.8) is 0 Å². The van der Waals surface area contributed by atoms with E-state index >= 15 is 0 Å². The van der Waals surface area contributed by atoms with E-state index < -0.39 is 0 Å². The summed E-state index contributed by atoms with van der Waals surface area (Å²) in [7, 11) is 0. The minimum absolute atomic E-state index is 0.293. The zero-order chi connectivity index (χ0) is 27.1. The third-order valence-corrected chi connectivity index (χ3v) is 6.30. The van der Waals surface area contributed by atoms with E-state index in [1.165, 1.54) is 60.8 Å². The van der Waals surface area contributed by atoms with Gasteiger partial charge in [-0.3, -0.25) is 0 Å². The van der Waals surface area contributed by atoms with Crippen LogP contribution < -0.4 is 0 Å². The van der Waals surface area contributed by atoms with E-state index in [1.54, 1.807) is 11.6 Å². The van der Waals surface area contributed by atoms with Crippen LogP contribution in [0.25, 0.3) is 5.57 Å². The van der Waals surface area contributed by atoms with Gasteiger partial charge >= 0.3 is 0 Å². The molecule has 0 atom stereocenters. The Balaban J connectivity index is 0. The number of aryl methyl sites for hydroxylation is 1. The average Bonchev–Trinajstić information content (AvgIpc) is 3.67. The molecule has 0 amide bonds. The molecule has 1 aliphatic carbocycles. The summed E-state index contributed by atoms with van der Waals surface area (Å²) in [6.07, 6.45) is 17.7. The fourth-order valence-corrected chi connectivity index (χ4v) is 4.11. The third kappa shape index (κ3) is 13.5. The highest BCUT2D eigenvalue weighted by Gasteiger charge is 2.38. The topological polar surface area (TPSA) is 17.1 Å². The first-order valence-electron chi connectivity index (χ1n) is 14.3. The lowest BCUT2D eigenvalue weighted by Gasteiger charge is -2.20. The lowest BCUT2D eigenvalue weighted by molar-refractivity contribution is 0.559. The van der Waals surface area contributed by atoms with Gasteiger partial charge < -0.3 is 0 Å². The van der Waals surface area contributed by atoms with Gasteiger partial charge in [0.25, 0.3) is 0 Å². The van der Waals surface area contributed by atoms with E-state index in [2.05, 4.69) is 71.5 Å². The Hall–Kier alpha value is -2.11. The van der Waals surface area contributed by atoms with E-state index in [0.717, 1.165) is 25.7 Å². The molecule has 1 heteroatoms. The summed E-state index contributed by atoms with van der Waals surface area (Å²) in [5.41, 5.74) is 7.78. The van der Waals surface area contributed by atoms with Crippen LogP contribution in [0.3, 0.4) is 0 Å². The molecule has 2 rings (SSSR count). The smallest absolute Gasteiger partial charge is 0.120 e. The van der Waals surface area contributed by atoms with Crippen molar-refractivity contribution in [3.8, 4) is 0 Å². The molecule has 1 fully saturated rings. The normalized spacial score (nSPS) is 12.8. The van der Waals surface area contributed by atoms with Crippen molar-refractivity contribution in [2.24, 2.45) is 5.41 Å². The van der Waals surface area contributed by atoms with Gasteiger partial charge in [0.1, 0.15) is 5.94 Å². The summed E-state index contributed by atoms with van der Waals surface area (Å²) in [4.78, 5) is 9.84. The summed E-state index contributed by atoms with van der Waals surface area (Å²) >= 11 is 0. The summed E-state index contributed by atoms with van der Waals surface area (Å²) in [6.45, 7) is 23.1. The van der Waals surface area contributed by atoms with Gasteiger partial charge in [-0.15, -0.1) is 6.58 Å². The molecule has 0 N–H and O–H groups in total. The summed E-state index contributed by atoms with van der Waals surface area (Å²) in [5.74, 6) is 1.85. The number of rotatable bonds is 12. The van der Waals surface area contributed by atoms with Crippen molar-refractivity contribution >= 4 is 11.5 Å². The maximum Gasteiger partial charge on any atom is 0.120 e. The highest BCUT2D eigenvalue weighted by molar-refractivity contribution is 5.83. The number of carbonyl (C=O) groups excluding carboxylic acids is 1. The van der Waals surface area contributed by atoms with E-state index in [1.807, 2.05) is 39.7 Å². The molecule has 0 radical (unpaired) electrons. The predicted octanol–water partition coefficient (Wildman–Crippen LogP) is 11.3. The quantitative estimate of drug-likeness (QED) is 0.126. The number of hydrogen-bond donors (Lipinski definition) is 0. The van der Waals surface area contributed by atoms with Crippen LogP contribution in [0.15, 0.2) is 60.2 Å². The van der Waals surface area contributed by atoms with Gasteiger partial charge in [-0.05, 0) is 86.0 Å². The lowest BCUT2D eigenvalue weighted by Crippen LogP contribution is -1.99. The minimum atomic E-state index is 0.293. The molecular weight excluding hydrogens is 424 g/mol. The molecule has 1 aromatic carbocycles. The van der Waals surface area contributed by atoms with Crippen LogP contribution in [0.4, 0.5) is 0 Å². The molecular formula is C34H56O. The summed E-state index contributed by atoms with van der Waals surface area (Å²) in [5, 5.41) is 0. The van der Waals surface area contributed by atoms with Gasteiger partial charge in [-0.25, -0.2) is 4.79 Å². The molecule has 0 heterocycles. The van der Waals surface area contributed by atoms with Crippen LogP contribution in [0.5, 0.6) is 0 Å². The Bertz CT molecular complexity index is 775. The van der Waals surface area contributed by atoms with Crippen LogP contribution in [0.1, 0.15) is 131 Å². The molecule has 35 heavy (non-hydrogen) atoms. The van der Waals surface area contributed by atoms with Gasteiger partial charge in [0, 0.05) is 6.08 Å². The van der Waals surface area contributed by atoms with Gasteiger partial charge in [0.05, 0.1) is 0 Å². The molecule has 0 spiro atoms. The number of benzene rings is 1. The van der Waals surface area contributed by atoms with Gasteiger partial charge in [0.15, 0.2) is 0 Å². The van der Waals surface area contributed by atoms with Crippen LogP contribution in [0.2, 0.25) is 0 Å². The fourth-order valence-electron chi connectivity index (χ4n) is 4.11. The van der Waals surface area contributed by atoms with Crippen LogP contribution in [-0.4, -0.2) is 5.94 Å². The van der Waals surface area contributed by atoms with Gasteiger partial charge in [-0.2, -0.15) is 0 Å². The second-order valence-electron chi connectivity index (χ2n) is 8.72. The van der Waals surface area contributed by atoms with Crippen LogP contribution in [-0.2, 0) is 4.79 Å². The minimum Gasteiger partial charge on any atom is -0.234 e. The Labute approximate surface area is 219 Å². The average molecular weight is 481 g/mol. The molecule has 1 aliphatic rings. The molecule has 0 unspecified atom stereocenters. The number of allylic oxidation sites excluding steroid dienone is 6. The maximum absolute atomic E-state index is 9.84. The van der Waals surface area contributed by atoms with E-state index in [9.17, 15) is 4.79 Å². The Morgan fingerprint density at radius 3 is 1.91 bits per heavy atom. The number of unbranched alkanes of at least 4 members (excludes halogenated alkanes) is 1. The standard InChI is InChI=1S/C23H34.C7H10O.2C2H6/c1-6-10-11-17-20(9-4)23(21(14-7-2)15-8-3)22-18-13-12-16-19(22)5;1-2-7(3-4-7)5-6-8;2*1-2/h6,12-13,16-18H,1,7-11,14-15H2,2-5H3;5H,2-4H2,1H3;2*1-2H3/b20-17+;;;. The fraction of sp³-hybridized carbons (Fsp3) is 0.588. The SMILES string of the molecule is C=CCC/C=C(\CC)C(=C(CCC)CCC)c1ccccc1C.CC.CC.CCC1(C=C=O)CC1. The first kappa shape index (κ1) is 35.1. The van der Waals surface area contributed by atoms with Crippen molar-refractivity contribution in [2.45, 2.75) is 127 Å². The molecule has 1 saturated carbocycles. The van der Waals surface area contributed by atoms with E-state index in [4.69, 9.17) is 0 Å². The number of hydrogen-bond acceptors (Lipinski definition) is 1. The highest BCUT2D eigenvalue weighted by atomic mass is 16.1. The maximum atomic E-state index is 9.84. The second kappa shape index (κ2) is 22.4. The van der Waals surface area contributed by atoms with Crippen molar-refractivity contribution in [2.75, 3.05) is 0 Å².